The second-order valence-corrected chi connectivity index (χ2v) is 8.89. The summed E-state index contributed by atoms with van der Waals surface area (Å²) in [5.41, 5.74) is 5.22. The molecule has 6 nitrogen and oxygen atoms in total. The van der Waals surface area contributed by atoms with Crippen LogP contribution in [0.3, 0.4) is 0 Å². The Hall–Kier alpha value is -3.85. The van der Waals surface area contributed by atoms with Crippen molar-refractivity contribution in [3.8, 4) is 11.8 Å². The average molecular weight is 439 g/mol. The van der Waals surface area contributed by atoms with Crippen molar-refractivity contribution in [1.29, 1.82) is 5.26 Å². The number of benzene rings is 2. The molecule has 0 fully saturated rings. The minimum Gasteiger partial charge on any atom is -0.493 e. The molecule has 0 spiro atoms. The fourth-order valence-electron chi connectivity index (χ4n) is 4.56. The van der Waals surface area contributed by atoms with Crippen LogP contribution in [-0.4, -0.2) is 24.0 Å². The molecule has 2 aromatic carbocycles. The molecule has 1 atom stereocenters. The molecule has 5 rings (SSSR count). The van der Waals surface area contributed by atoms with Crippen molar-refractivity contribution < 1.29 is 9.53 Å². The van der Waals surface area contributed by atoms with E-state index >= 15 is 0 Å². The van der Waals surface area contributed by atoms with E-state index in [1.165, 1.54) is 16.8 Å². The van der Waals surface area contributed by atoms with Crippen LogP contribution in [-0.2, 0) is 24.9 Å². The number of rotatable bonds is 4. The molecule has 0 aliphatic carbocycles. The lowest BCUT2D eigenvalue weighted by Crippen LogP contribution is -2.31. The molecular weight excluding hydrogens is 412 g/mol. The van der Waals surface area contributed by atoms with Gasteiger partial charge in [-0.15, -0.1) is 0 Å². The Bertz CT molecular complexity index is 1230. The molecular formula is C27H26N4O2. The monoisotopic (exact) mass is 438 g/mol. The van der Waals surface area contributed by atoms with Gasteiger partial charge in [0.2, 0.25) is 0 Å². The van der Waals surface area contributed by atoms with Crippen LogP contribution in [0.5, 0.6) is 5.75 Å². The van der Waals surface area contributed by atoms with Gasteiger partial charge in [0.05, 0.1) is 30.3 Å². The first-order valence-electron chi connectivity index (χ1n) is 11.3. The highest BCUT2D eigenvalue weighted by Gasteiger charge is 2.34. The second kappa shape index (κ2) is 8.59. The number of aromatic nitrogens is 1. The summed E-state index contributed by atoms with van der Waals surface area (Å²) < 4.78 is 5.68. The third-order valence-corrected chi connectivity index (χ3v) is 6.65. The normalized spacial score (nSPS) is 19.0. The first-order valence-corrected chi connectivity index (χ1v) is 11.3. The molecule has 3 aromatic rings. The summed E-state index contributed by atoms with van der Waals surface area (Å²) in [6.07, 6.45) is 3.51. The van der Waals surface area contributed by atoms with Gasteiger partial charge < -0.3 is 15.0 Å². The van der Waals surface area contributed by atoms with Gasteiger partial charge in [-0.2, -0.15) is 5.26 Å². The zero-order valence-corrected chi connectivity index (χ0v) is 18.7. The van der Waals surface area contributed by atoms with Gasteiger partial charge >= 0.3 is 0 Å². The number of fused-ring (bicyclic) bond motifs is 2. The van der Waals surface area contributed by atoms with E-state index in [0.29, 0.717) is 30.9 Å². The minimum atomic E-state index is -0.644. The average Bonchev–Trinajstić information content (AvgIpc) is 2.87. The fraction of sp³-hybridized carbons (Fsp3) is 0.296. The highest BCUT2D eigenvalue weighted by molar-refractivity contribution is 5.94. The zero-order valence-electron chi connectivity index (χ0n) is 18.7. The molecule has 0 saturated carbocycles. The quantitative estimate of drug-likeness (QED) is 0.662. The van der Waals surface area contributed by atoms with E-state index in [0.717, 1.165) is 30.8 Å². The SMILES string of the molecule is C[C@@]1(C#N)CCOc2ccc(C(=O)NCc3cc4c(cn3)CCN(c3ccccc3)C4)cc21. The van der Waals surface area contributed by atoms with Crippen molar-refractivity contribution in [3.63, 3.8) is 0 Å². The maximum Gasteiger partial charge on any atom is 0.251 e. The van der Waals surface area contributed by atoms with Gasteiger partial charge in [0.25, 0.3) is 5.91 Å². The van der Waals surface area contributed by atoms with E-state index < -0.39 is 5.41 Å². The summed E-state index contributed by atoms with van der Waals surface area (Å²) in [5, 5.41) is 12.6. The number of nitrogens with zero attached hydrogens (tertiary/aromatic N) is 3. The number of carbonyl (C=O) groups excluding carboxylic acids is 1. The number of hydrogen-bond acceptors (Lipinski definition) is 5. The lowest BCUT2D eigenvalue weighted by atomic mass is 9.78. The van der Waals surface area contributed by atoms with Crippen LogP contribution in [0.15, 0.2) is 60.8 Å². The van der Waals surface area contributed by atoms with Crippen LogP contribution in [0.2, 0.25) is 0 Å². The number of anilines is 1. The van der Waals surface area contributed by atoms with Crippen LogP contribution in [0.25, 0.3) is 0 Å². The molecule has 1 amide bonds. The summed E-state index contributed by atoms with van der Waals surface area (Å²) in [7, 11) is 0. The summed E-state index contributed by atoms with van der Waals surface area (Å²) in [6, 6.07) is 20.2. The lowest BCUT2D eigenvalue weighted by Gasteiger charge is -2.30. The van der Waals surface area contributed by atoms with E-state index in [4.69, 9.17) is 4.74 Å². The third-order valence-electron chi connectivity index (χ3n) is 6.65. The van der Waals surface area contributed by atoms with Crippen molar-refractivity contribution in [2.24, 2.45) is 0 Å². The minimum absolute atomic E-state index is 0.186. The van der Waals surface area contributed by atoms with E-state index in [1.807, 2.05) is 19.2 Å². The summed E-state index contributed by atoms with van der Waals surface area (Å²) in [6.45, 7) is 4.56. The Morgan fingerprint density at radius 3 is 2.88 bits per heavy atom. The molecule has 2 aliphatic rings. The largest absolute Gasteiger partial charge is 0.493 e. The maximum atomic E-state index is 12.9. The molecule has 1 aromatic heterocycles. The molecule has 0 saturated heterocycles. The molecule has 3 heterocycles. The molecule has 1 N–H and O–H groups in total. The van der Waals surface area contributed by atoms with Gasteiger partial charge in [0.15, 0.2) is 0 Å². The van der Waals surface area contributed by atoms with Gasteiger partial charge in [-0.1, -0.05) is 18.2 Å². The van der Waals surface area contributed by atoms with Gasteiger partial charge in [0.1, 0.15) is 5.75 Å². The Kier molecular flexibility index (Phi) is 5.47. The van der Waals surface area contributed by atoms with Gasteiger partial charge in [-0.3, -0.25) is 9.78 Å². The predicted molar refractivity (Wildman–Crippen MR) is 126 cm³/mol. The standard InChI is InChI=1S/C27H26N4O2/c1-27(18-28)10-12-33-25-8-7-19(14-24(25)27)26(32)30-16-22-13-21-17-31(11-9-20(21)15-29-22)23-5-3-2-4-6-23/h2-8,13-15H,9-12,16-17H2,1H3,(H,30,32)/t27-/m0/s1. The molecule has 2 aliphatic heterocycles. The Labute approximate surface area is 193 Å². The van der Waals surface area contributed by atoms with Crippen molar-refractivity contribution >= 4 is 11.6 Å². The number of para-hydroxylation sites is 1. The molecule has 6 heteroatoms. The first-order chi connectivity index (χ1) is 16.1. The number of pyridine rings is 1. The molecule has 0 bridgehead atoms. The molecule has 0 unspecified atom stereocenters. The fourth-order valence-corrected chi connectivity index (χ4v) is 4.56. The highest BCUT2D eigenvalue weighted by Crippen LogP contribution is 2.38. The Morgan fingerprint density at radius 2 is 2.06 bits per heavy atom. The number of hydrogen-bond donors (Lipinski definition) is 1. The van der Waals surface area contributed by atoms with E-state index in [2.05, 4.69) is 51.6 Å². The second-order valence-electron chi connectivity index (χ2n) is 8.89. The van der Waals surface area contributed by atoms with Crippen LogP contribution in [0.1, 0.15) is 46.1 Å². The van der Waals surface area contributed by atoms with Crippen LogP contribution in [0, 0.1) is 11.3 Å². The number of carbonyl (C=O) groups is 1. The molecule has 166 valence electrons. The smallest absolute Gasteiger partial charge is 0.251 e. The number of nitrogens with one attached hydrogen (secondary N) is 1. The van der Waals surface area contributed by atoms with Crippen molar-refractivity contribution in [1.82, 2.24) is 10.3 Å². The zero-order chi connectivity index (χ0) is 22.8. The molecule has 0 radical (unpaired) electrons. The molecule has 33 heavy (non-hydrogen) atoms. The number of nitriles is 1. The lowest BCUT2D eigenvalue weighted by molar-refractivity contribution is 0.0950. The topological polar surface area (TPSA) is 78.2 Å². The first kappa shape index (κ1) is 21.0. The number of amides is 1. The van der Waals surface area contributed by atoms with Crippen molar-refractivity contribution in [2.45, 2.75) is 38.3 Å². The summed E-state index contributed by atoms with van der Waals surface area (Å²) in [4.78, 5) is 19.8. The summed E-state index contributed by atoms with van der Waals surface area (Å²) in [5.74, 6) is 0.496. The van der Waals surface area contributed by atoms with Gasteiger partial charge in [-0.25, -0.2) is 0 Å². The summed E-state index contributed by atoms with van der Waals surface area (Å²) >= 11 is 0. The van der Waals surface area contributed by atoms with E-state index in [9.17, 15) is 10.1 Å². The maximum absolute atomic E-state index is 12.9. The third kappa shape index (κ3) is 4.14. The Balaban J connectivity index is 1.29. The van der Waals surface area contributed by atoms with Crippen LogP contribution < -0.4 is 15.0 Å². The predicted octanol–water partition coefficient (Wildman–Crippen LogP) is 4.14. The van der Waals surface area contributed by atoms with Gasteiger partial charge in [-0.05, 0) is 60.9 Å². The van der Waals surface area contributed by atoms with E-state index in [1.54, 1.807) is 18.2 Å². The van der Waals surface area contributed by atoms with Crippen molar-refractivity contribution in [2.75, 3.05) is 18.1 Å². The highest BCUT2D eigenvalue weighted by atomic mass is 16.5. The van der Waals surface area contributed by atoms with Crippen LogP contribution >= 0.6 is 0 Å². The van der Waals surface area contributed by atoms with Crippen LogP contribution in [0.4, 0.5) is 5.69 Å². The Morgan fingerprint density at radius 1 is 1.21 bits per heavy atom. The van der Waals surface area contributed by atoms with E-state index in [-0.39, 0.29) is 5.91 Å². The number of ether oxygens (including phenoxy) is 1. The van der Waals surface area contributed by atoms with Crippen molar-refractivity contribution in [3.05, 3.63) is 88.7 Å². The van der Waals surface area contributed by atoms with Gasteiger partial charge in [0, 0.05) is 42.5 Å².